The van der Waals surface area contributed by atoms with Gasteiger partial charge in [0.1, 0.15) is 10.8 Å². The van der Waals surface area contributed by atoms with Crippen LogP contribution in [0.4, 0.5) is 9.18 Å². The van der Waals surface area contributed by atoms with Gasteiger partial charge >= 0.3 is 6.09 Å². The molecule has 5 rings (SSSR count). The second kappa shape index (κ2) is 6.87. The molecule has 0 radical (unpaired) electrons. The van der Waals surface area contributed by atoms with E-state index in [1.54, 1.807) is 17.0 Å². The van der Waals surface area contributed by atoms with Gasteiger partial charge in [0, 0.05) is 17.5 Å². The Labute approximate surface area is 162 Å². The van der Waals surface area contributed by atoms with Crippen LogP contribution in [0.15, 0.2) is 29.6 Å². The molecule has 3 fully saturated rings. The summed E-state index contributed by atoms with van der Waals surface area (Å²) in [6.45, 7) is 6.81. The molecule has 1 unspecified atom stereocenters. The summed E-state index contributed by atoms with van der Waals surface area (Å²) in [6.07, 6.45) is 1.22. The van der Waals surface area contributed by atoms with Crippen LogP contribution in [0, 0.1) is 11.7 Å². The molecule has 0 aliphatic carbocycles. The molecule has 3 saturated heterocycles. The smallest absolute Gasteiger partial charge is 0.408 e. The van der Waals surface area contributed by atoms with Crippen molar-refractivity contribution in [2.45, 2.75) is 38.3 Å². The minimum Gasteiger partial charge on any atom is -0.465 e. The number of aromatic nitrogens is 1. The average Bonchev–Trinajstić information content (AvgIpc) is 3.14. The first-order valence-corrected chi connectivity index (χ1v) is 10.2. The zero-order chi connectivity index (χ0) is 19.2. The van der Waals surface area contributed by atoms with Crippen molar-refractivity contribution in [1.29, 1.82) is 0 Å². The Morgan fingerprint density at radius 3 is 2.52 bits per heavy atom. The van der Waals surface area contributed by atoms with Crippen LogP contribution in [0.5, 0.6) is 0 Å². The van der Waals surface area contributed by atoms with Gasteiger partial charge < -0.3 is 10.0 Å². The molecule has 3 aliphatic heterocycles. The van der Waals surface area contributed by atoms with Crippen LogP contribution in [-0.4, -0.2) is 51.7 Å². The highest BCUT2D eigenvalue weighted by Crippen LogP contribution is 2.39. The first-order chi connectivity index (χ1) is 12.9. The lowest BCUT2D eigenvalue weighted by Gasteiger charge is -2.52. The highest BCUT2D eigenvalue weighted by molar-refractivity contribution is 7.13. The number of piperidine rings is 3. The van der Waals surface area contributed by atoms with Crippen molar-refractivity contribution in [1.82, 2.24) is 14.8 Å². The molecule has 4 heterocycles. The second-order valence-corrected chi connectivity index (χ2v) is 8.82. The summed E-state index contributed by atoms with van der Waals surface area (Å²) < 4.78 is 13.2. The summed E-state index contributed by atoms with van der Waals surface area (Å²) in [5, 5.41) is 12.7. The Kier molecular flexibility index (Phi) is 4.68. The largest absolute Gasteiger partial charge is 0.465 e. The van der Waals surface area contributed by atoms with Gasteiger partial charge in [0.05, 0.1) is 17.3 Å². The molecule has 5 nitrogen and oxygen atoms in total. The SMILES string of the molecule is CC(C)(c1csc(-c2ccc(F)cc2)n1)N(C(=O)O)C1CN2CCC1CC2. The van der Waals surface area contributed by atoms with E-state index in [9.17, 15) is 14.3 Å². The quantitative estimate of drug-likeness (QED) is 0.849. The number of thiazole rings is 1. The highest BCUT2D eigenvalue weighted by atomic mass is 32.1. The first-order valence-electron chi connectivity index (χ1n) is 9.33. The van der Waals surface area contributed by atoms with Crippen LogP contribution in [-0.2, 0) is 5.54 Å². The van der Waals surface area contributed by atoms with Crippen molar-refractivity contribution in [3.05, 3.63) is 41.2 Å². The fraction of sp³-hybridized carbons (Fsp3) is 0.500. The van der Waals surface area contributed by atoms with Gasteiger partial charge in [0.15, 0.2) is 0 Å². The van der Waals surface area contributed by atoms with E-state index in [4.69, 9.17) is 4.98 Å². The third kappa shape index (κ3) is 3.34. The molecule has 1 aromatic heterocycles. The number of fused-ring (bicyclic) bond motifs is 3. The normalized spacial score (nSPS) is 24.8. The molecule has 2 aromatic rings. The molecular weight excluding hydrogens is 365 g/mol. The minimum atomic E-state index is -0.893. The number of amides is 1. The van der Waals surface area contributed by atoms with E-state index in [-0.39, 0.29) is 11.9 Å². The Hall–Kier alpha value is -1.99. The molecule has 27 heavy (non-hydrogen) atoms. The Bertz CT molecular complexity index is 828. The maximum atomic E-state index is 13.2. The van der Waals surface area contributed by atoms with Crippen LogP contribution in [0.2, 0.25) is 0 Å². The zero-order valence-electron chi connectivity index (χ0n) is 15.6. The van der Waals surface area contributed by atoms with Gasteiger partial charge in [0.2, 0.25) is 0 Å². The third-order valence-electron chi connectivity index (χ3n) is 5.98. The van der Waals surface area contributed by atoms with Gasteiger partial charge in [-0.2, -0.15) is 0 Å². The lowest BCUT2D eigenvalue weighted by atomic mass is 9.81. The Morgan fingerprint density at radius 1 is 1.30 bits per heavy atom. The predicted molar refractivity (Wildman–Crippen MR) is 103 cm³/mol. The molecule has 1 amide bonds. The first kappa shape index (κ1) is 18.4. The van der Waals surface area contributed by atoms with E-state index >= 15 is 0 Å². The molecule has 1 N–H and O–H groups in total. The van der Waals surface area contributed by atoms with Gasteiger partial charge in [-0.05, 0) is 70.0 Å². The van der Waals surface area contributed by atoms with E-state index in [1.165, 1.54) is 23.5 Å². The lowest BCUT2D eigenvalue weighted by Crippen LogP contribution is -2.62. The van der Waals surface area contributed by atoms with Crippen molar-refractivity contribution in [3.63, 3.8) is 0 Å². The number of rotatable bonds is 4. The molecule has 2 bridgehead atoms. The lowest BCUT2D eigenvalue weighted by molar-refractivity contribution is -0.0298. The number of carbonyl (C=O) groups is 1. The van der Waals surface area contributed by atoms with Crippen LogP contribution in [0.1, 0.15) is 32.4 Å². The fourth-order valence-electron chi connectivity index (χ4n) is 4.43. The summed E-state index contributed by atoms with van der Waals surface area (Å²) >= 11 is 1.46. The van der Waals surface area contributed by atoms with Crippen LogP contribution < -0.4 is 0 Å². The number of nitrogens with zero attached hydrogens (tertiary/aromatic N) is 3. The van der Waals surface area contributed by atoms with E-state index in [1.807, 2.05) is 19.2 Å². The fourth-order valence-corrected chi connectivity index (χ4v) is 5.41. The molecule has 144 valence electrons. The van der Waals surface area contributed by atoms with E-state index in [0.29, 0.717) is 5.92 Å². The van der Waals surface area contributed by atoms with Crippen molar-refractivity contribution in [3.8, 4) is 10.6 Å². The maximum absolute atomic E-state index is 13.2. The standard InChI is InChI=1S/C20H24FN3O2S/c1-20(2,17-12-27-18(22-17)14-3-5-15(21)6-4-14)24(19(25)26)16-11-23-9-7-13(16)8-10-23/h3-6,12-13,16H,7-11H2,1-2H3,(H,25,26). The highest BCUT2D eigenvalue weighted by Gasteiger charge is 2.46. The number of halogens is 1. The number of hydrogen-bond acceptors (Lipinski definition) is 4. The zero-order valence-corrected chi connectivity index (χ0v) is 16.4. The summed E-state index contributed by atoms with van der Waals surface area (Å²) in [5.74, 6) is 0.135. The van der Waals surface area contributed by atoms with Gasteiger partial charge in [-0.1, -0.05) is 0 Å². The minimum absolute atomic E-state index is 0.00373. The Balaban J connectivity index is 1.64. The van der Waals surface area contributed by atoms with Crippen LogP contribution in [0.3, 0.4) is 0 Å². The third-order valence-corrected chi connectivity index (χ3v) is 6.88. The topological polar surface area (TPSA) is 56.7 Å². The molecule has 3 aliphatic rings. The van der Waals surface area contributed by atoms with Gasteiger partial charge in [-0.25, -0.2) is 14.2 Å². The second-order valence-electron chi connectivity index (χ2n) is 7.96. The molecule has 0 spiro atoms. The van der Waals surface area contributed by atoms with Crippen molar-refractivity contribution in [2.75, 3.05) is 19.6 Å². The molecule has 1 atom stereocenters. The Morgan fingerprint density at radius 2 is 1.96 bits per heavy atom. The monoisotopic (exact) mass is 389 g/mol. The van der Waals surface area contributed by atoms with E-state index in [2.05, 4.69) is 4.90 Å². The molecule has 1 aromatic carbocycles. The van der Waals surface area contributed by atoms with Gasteiger partial charge in [-0.3, -0.25) is 4.90 Å². The number of benzene rings is 1. The summed E-state index contributed by atoms with van der Waals surface area (Å²) in [6, 6.07) is 6.23. The van der Waals surface area contributed by atoms with Gasteiger partial charge in [0.25, 0.3) is 0 Å². The maximum Gasteiger partial charge on any atom is 0.408 e. The summed E-state index contributed by atoms with van der Waals surface area (Å²) in [5.41, 5.74) is 0.850. The molecule has 0 saturated carbocycles. The van der Waals surface area contributed by atoms with E-state index < -0.39 is 11.6 Å². The average molecular weight is 389 g/mol. The molecular formula is C20H24FN3O2S. The van der Waals surface area contributed by atoms with Crippen LogP contribution in [0.25, 0.3) is 10.6 Å². The predicted octanol–water partition coefficient (Wildman–Crippen LogP) is 4.26. The van der Waals surface area contributed by atoms with Crippen LogP contribution >= 0.6 is 11.3 Å². The number of hydrogen-bond donors (Lipinski definition) is 1. The summed E-state index contributed by atoms with van der Waals surface area (Å²) in [4.78, 5) is 21.0. The van der Waals surface area contributed by atoms with E-state index in [0.717, 1.165) is 48.7 Å². The summed E-state index contributed by atoms with van der Waals surface area (Å²) in [7, 11) is 0. The van der Waals surface area contributed by atoms with Crippen molar-refractivity contribution < 1.29 is 14.3 Å². The molecule has 7 heteroatoms. The van der Waals surface area contributed by atoms with Crippen molar-refractivity contribution >= 4 is 17.4 Å². The van der Waals surface area contributed by atoms with Crippen molar-refractivity contribution in [2.24, 2.45) is 5.92 Å². The van der Waals surface area contributed by atoms with Gasteiger partial charge in [-0.15, -0.1) is 11.3 Å². The number of carboxylic acid groups (broad SMARTS) is 1.